The summed E-state index contributed by atoms with van der Waals surface area (Å²) in [6.45, 7) is 5.17. The smallest absolute Gasteiger partial charge is 0.356 e. The number of aliphatic hydroxyl groups is 1. The Bertz CT molecular complexity index is 522. The molecular weight excluding hydrogens is 292 g/mol. The van der Waals surface area contributed by atoms with Gasteiger partial charge in [0.25, 0.3) is 0 Å². The molecule has 2 heterocycles. The average molecular weight is 312 g/mol. The molecule has 2 rings (SSSR count). The number of hydrogen-bond donors (Lipinski definition) is 2. The molecular formula is C14H20N2O4S. The van der Waals surface area contributed by atoms with Crippen LogP contribution in [0.25, 0.3) is 0 Å². The molecule has 21 heavy (non-hydrogen) atoms. The third kappa shape index (κ3) is 3.14. The highest BCUT2D eigenvalue weighted by Gasteiger charge is 2.51. The van der Waals surface area contributed by atoms with Crippen LogP contribution < -0.4 is 5.73 Å². The molecule has 2 unspecified atom stereocenters. The van der Waals surface area contributed by atoms with Gasteiger partial charge in [-0.05, 0) is 26.8 Å². The zero-order valence-electron chi connectivity index (χ0n) is 12.3. The molecule has 116 valence electrons. The minimum Gasteiger partial charge on any atom is -0.455 e. The van der Waals surface area contributed by atoms with E-state index in [0.717, 1.165) is 0 Å². The van der Waals surface area contributed by atoms with Gasteiger partial charge in [0.15, 0.2) is 0 Å². The third-order valence-corrected chi connectivity index (χ3v) is 4.27. The van der Waals surface area contributed by atoms with E-state index in [4.69, 9.17) is 15.6 Å². The minimum absolute atomic E-state index is 0.136. The fraction of sp³-hybridized carbons (Fsp3) is 0.571. The van der Waals surface area contributed by atoms with Crippen molar-refractivity contribution in [1.82, 2.24) is 4.90 Å². The monoisotopic (exact) mass is 312 g/mol. The van der Waals surface area contributed by atoms with Crippen molar-refractivity contribution in [3.8, 4) is 0 Å². The van der Waals surface area contributed by atoms with Gasteiger partial charge in [-0.3, -0.25) is 9.69 Å². The second-order valence-corrected chi connectivity index (χ2v) is 6.97. The number of amides is 1. The first kappa shape index (κ1) is 16.1. The number of thioether (sulfide) groups is 1. The Labute approximate surface area is 128 Å². The molecule has 1 fully saturated rings. The maximum absolute atomic E-state index is 12.4. The highest BCUT2D eigenvalue weighted by molar-refractivity contribution is 8.03. The lowest BCUT2D eigenvalue weighted by Crippen LogP contribution is -2.70. The zero-order valence-corrected chi connectivity index (χ0v) is 13.1. The average Bonchev–Trinajstić information content (AvgIpc) is 2.41. The molecule has 0 radical (unpaired) electrons. The topological polar surface area (TPSA) is 92.9 Å². The summed E-state index contributed by atoms with van der Waals surface area (Å²) < 4.78 is 5.38. The van der Waals surface area contributed by atoms with Crippen LogP contribution in [0.4, 0.5) is 0 Å². The van der Waals surface area contributed by atoms with Crippen molar-refractivity contribution >= 4 is 23.6 Å². The van der Waals surface area contributed by atoms with E-state index in [1.54, 1.807) is 26.8 Å². The predicted molar refractivity (Wildman–Crippen MR) is 80.2 cm³/mol. The number of allylic oxidation sites excluding steroid dienone is 1. The molecule has 1 amide bonds. The van der Waals surface area contributed by atoms with E-state index in [9.17, 15) is 9.59 Å². The summed E-state index contributed by atoms with van der Waals surface area (Å²) in [5.41, 5.74) is 5.35. The van der Waals surface area contributed by atoms with Gasteiger partial charge in [0, 0.05) is 10.7 Å². The number of aliphatic hydroxyl groups excluding tert-OH is 1. The van der Waals surface area contributed by atoms with Crippen molar-refractivity contribution in [2.75, 3.05) is 12.4 Å². The Morgan fingerprint density at radius 3 is 2.81 bits per heavy atom. The van der Waals surface area contributed by atoms with E-state index in [2.05, 4.69) is 0 Å². The van der Waals surface area contributed by atoms with Gasteiger partial charge >= 0.3 is 5.97 Å². The van der Waals surface area contributed by atoms with E-state index in [1.807, 2.05) is 0 Å². The van der Waals surface area contributed by atoms with Crippen molar-refractivity contribution in [3.05, 3.63) is 22.8 Å². The van der Waals surface area contributed by atoms with Crippen molar-refractivity contribution in [1.29, 1.82) is 0 Å². The van der Waals surface area contributed by atoms with Gasteiger partial charge in [0.05, 0.1) is 12.6 Å². The van der Waals surface area contributed by atoms with E-state index in [-0.39, 0.29) is 24.3 Å². The molecule has 1 saturated heterocycles. The Morgan fingerprint density at radius 2 is 2.24 bits per heavy atom. The molecule has 2 aliphatic rings. The first-order valence-corrected chi connectivity index (χ1v) is 7.71. The van der Waals surface area contributed by atoms with E-state index < -0.39 is 17.6 Å². The summed E-state index contributed by atoms with van der Waals surface area (Å²) >= 11 is 1.44. The Balaban J connectivity index is 2.36. The Morgan fingerprint density at radius 1 is 1.57 bits per heavy atom. The second-order valence-electron chi connectivity index (χ2n) is 5.91. The molecule has 2 atom stereocenters. The number of carbonyl (C=O) groups excluding carboxylic acids is 2. The number of β-lactam (4-membered cyclic amide) rings is 1. The summed E-state index contributed by atoms with van der Waals surface area (Å²) in [5.74, 6) is -0.182. The molecule has 0 saturated carbocycles. The predicted octanol–water partition coefficient (Wildman–Crippen LogP) is 0.373. The summed E-state index contributed by atoms with van der Waals surface area (Å²) in [7, 11) is 0. The number of rotatable bonds is 3. The number of esters is 1. The van der Waals surface area contributed by atoms with Gasteiger partial charge in [-0.15, -0.1) is 11.8 Å². The SMILES string of the molecule is CC(C)(C)OC(=O)C1=C(C=CCO)SCC2C(N)C(=O)N12. The number of carbonyl (C=O) groups is 2. The lowest BCUT2D eigenvalue weighted by Gasteiger charge is -2.48. The molecule has 0 aromatic carbocycles. The van der Waals surface area contributed by atoms with Crippen molar-refractivity contribution in [2.24, 2.45) is 5.73 Å². The van der Waals surface area contributed by atoms with Crippen LogP contribution in [0, 0.1) is 0 Å². The summed E-state index contributed by atoms with van der Waals surface area (Å²) in [4.78, 5) is 26.4. The third-order valence-electron chi connectivity index (χ3n) is 3.12. The number of hydrogen-bond acceptors (Lipinski definition) is 6. The number of ether oxygens (including phenoxy) is 1. The maximum atomic E-state index is 12.4. The highest BCUT2D eigenvalue weighted by Crippen LogP contribution is 2.39. The van der Waals surface area contributed by atoms with Gasteiger partial charge in [-0.25, -0.2) is 4.79 Å². The lowest BCUT2D eigenvalue weighted by atomic mass is 9.96. The van der Waals surface area contributed by atoms with Gasteiger partial charge in [-0.1, -0.05) is 6.08 Å². The van der Waals surface area contributed by atoms with Crippen molar-refractivity contribution in [2.45, 2.75) is 38.5 Å². The van der Waals surface area contributed by atoms with Gasteiger partial charge in [0.2, 0.25) is 5.91 Å². The number of fused-ring (bicyclic) bond motifs is 1. The fourth-order valence-corrected chi connectivity index (χ4v) is 3.41. The number of nitrogens with zero attached hydrogens (tertiary/aromatic N) is 1. The fourth-order valence-electron chi connectivity index (χ4n) is 2.20. The maximum Gasteiger partial charge on any atom is 0.356 e. The highest BCUT2D eigenvalue weighted by atomic mass is 32.2. The summed E-state index contributed by atoms with van der Waals surface area (Å²) in [6, 6.07) is -0.727. The van der Waals surface area contributed by atoms with Crippen LogP contribution in [-0.2, 0) is 14.3 Å². The first-order valence-electron chi connectivity index (χ1n) is 6.72. The second kappa shape index (κ2) is 5.82. The minimum atomic E-state index is -0.649. The molecule has 3 N–H and O–H groups in total. The molecule has 0 spiro atoms. The van der Waals surface area contributed by atoms with Crippen molar-refractivity contribution in [3.63, 3.8) is 0 Å². The zero-order chi connectivity index (χ0) is 15.8. The first-order chi connectivity index (χ1) is 9.76. The Kier molecular flexibility index (Phi) is 4.46. The van der Waals surface area contributed by atoms with Crippen LogP contribution in [0.3, 0.4) is 0 Å². The molecule has 0 bridgehead atoms. The van der Waals surface area contributed by atoms with Gasteiger partial charge in [-0.2, -0.15) is 0 Å². The van der Waals surface area contributed by atoms with Crippen LogP contribution in [0.2, 0.25) is 0 Å². The van der Waals surface area contributed by atoms with Crippen LogP contribution in [-0.4, -0.2) is 51.9 Å². The standard InChI is InChI=1S/C14H20N2O4S/c1-14(2,3)20-13(19)11-9(5-4-6-17)21-7-8-10(15)12(18)16(8)11/h4-5,8,10,17H,6-7,15H2,1-3H3. The van der Waals surface area contributed by atoms with E-state index >= 15 is 0 Å². The summed E-state index contributed by atoms with van der Waals surface area (Å²) in [5, 5.41) is 8.90. The van der Waals surface area contributed by atoms with E-state index in [1.165, 1.54) is 22.7 Å². The largest absolute Gasteiger partial charge is 0.455 e. The summed E-state index contributed by atoms with van der Waals surface area (Å²) in [6.07, 6.45) is 3.16. The van der Waals surface area contributed by atoms with Gasteiger partial charge in [0.1, 0.15) is 17.3 Å². The molecule has 0 aromatic rings. The van der Waals surface area contributed by atoms with E-state index in [0.29, 0.717) is 10.7 Å². The molecule has 2 aliphatic heterocycles. The van der Waals surface area contributed by atoms with Crippen LogP contribution in [0.5, 0.6) is 0 Å². The molecule has 0 aromatic heterocycles. The molecule has 6 nitrogen and oxygen atoms in total. The van der Waals surface area contributed by atoms with Crippen LogP contribution >= 0.6 is 11.8 Å². The van der Waals surface area contributed by atoms with Crippen molar-refractivity contribution < 1.29 is 19.4 Å². The van der Waals surface area contributed by atoms with Crippen LogP contribution in [0.15, 0.2) is 22.8 Å². The normalized spacial score (nSPS) is 26.0. The van der Waals surface area contributed by atoms with Crippen LogP contribution in [0.1, 0.15) is 20.8 Å². The molecule has 0 aliphatic carbocycles. The molecule has 7 heteroatoms. The lowest BCUT2D eigenvalue weighted by molar-refractivity contribution is -0.159. The number of nitrogens with two attached hydrogens (primary N) is 1. The van der Waals surface area contributed by atoms with Gasteiger partial charge < -0.3 is 15.6 Å². The quantitative estimate of drug-likeness (QED) is 0.578. The Hall–Kier alpha value is -1.31.